The highest BCUT2D eigenvalue weighted by atomic mass is 35.5. The summed E-state index contributed by atoms with van der Waals surface area (Å²) in [7, 11) is -0.956. The predicted octanol–water partition coefficient (Wildman–Crippen LogP) is 3.36. The summed E-state index contributed by atoms with van der Waals surface area (Å²) >= 11 is 6.23. The number of halogens is 1. The third kappa shape index (κ3) is 3.30. The Labute approximate surface area is 110 Å². The Bertz CT molecular complexity index is 412. The Morgan fingerprint density at radius 1 is 1.41 bits per heavy atom. The van der Waals surface area contributed by atoms with Gasteiger partial charge in [-0.1, -0.05) is 18.0 Å². The molecule has 2 unspecified atom stereocenters. The van der Waals surface area contributed by atoms with Crippen molar-refractivity contribution in [2.24, 2.45) is 0 Å². The summed E-state index contributed by atoms with van der Waals surface area (Å²) in [6.07, 6.45) is 5.07. The van der Waals surface area contributed by atoms with Crippen LogP contribution in [-0.2, 0) is 15.5 Å². The second kappa shape index (κ2) is 5.98. The van der Waals surface area contributed by atoms with Crippen molar-refractivity contribution in [3.05, 3.63) is 28.8 Å². The molecule has 1 aliphatic heterocycles. The van der Waals surface area contributed by atoms with Crippen LogP contribution in [-0.4, -0.2) is 23.7 Å². The maximum atomic E-state index is 11.5. The van der Waals surface area contributed by atoms with Gasteiger partial charge in [-0.2, -0.15) is 0 Å². The molecular formula is C13H17ClO2S. The van der Waals surface area contributed by atoms with E-state index in [0.717, 1.165) is 41.5 Å². The SMILES string of the molecule is CS(=O)c1ccc(Cl)c(C2CCCCOC2)c1. The van der Waals surface area contributed by atoms with Gasteiger partial charge in [0, 0.05) is 39.5 Å². The summed E-state index contributed by atoms with van der Waals surface area (Å²) < 4.78 is 17.1. The van der Waals surface area contributed by atoms with Gasteiger partial charge in [-0.05, 0) is 36.6 Å². The number of hydrogen-bond donors (Lipinski definition) is 0. The van der Waals surface area contributed by atoms with Gasteiger partial charge < -0.3 is 4.74 Å². The van der Waals surface area contributed by atoms with Gasteiger partial charge >= 0.3 is 0 Å². The molecule has 1 saturated heterocycles. The Hall–Kier alpha value is -0.380. The molecule has 1 aliphatic rings. The highest BCUT2D eigenvalue weighted by Gasteiger charge is 2.18. The van der Waals surface area contributed by atoms with Crippen LogP contribution in [0, 0.1) is 0 Å². The van der Waals surface area contributed by atoms with E-state index in [-0.39, 0.29) is 0 Å². The standard InChI is InChI=1S/C13H17ClO2S/c1-17(15)11-5-6-13(14)12(8-11)10-4-2-3-7-16-9-10/h5-6,8,10H,2-4,7,9H2,1H3. The summed E-state index contributed by atoms with van der Waals surface area (Å²) in [4.78, 5) is 0.841. The molecule has 0 aliphatic carbocycles. The predicted molar refractivity (Wildman–Crippen MR) is 71.2 cm³/mol. The van der Waals surface area contributed by atoms with Crippen LogP contribution in [0.15, 0.2) is 23.1 Å². The van der Waals surface area contributed by atoms with Crippen molar-refractivity contribution in [3.8, 4) is 0 Å². The molecule has 2 atom stereocenters. The van der Waals surface area contributed by atoms with Crippen molar-refractivity contribution >= 4 is 22.4 Å². The van der Waals surface area contributed by atoms with Gasteiger partial charge in [0.15, 0.2) is 0 Å². The Kier molecular flexibility index (Phi) is 4.60. The zero-order valence-corrected chi connectivity index (χ0v) is 11.5. The lowest BCUT2D eigenvalue weighted by atomic mass is 9.95. The highest BCUT2D eigenvalue weighted by Crippen LogP contribution is 2.31. The lowest BCUT2D eigenvalue weighted by Gasteiger charge is -2.16. The third-order valence-electron chi connectivity index (χ3n) is 3.15. The zero-order chi connectivity index (χ0) is 12.3. The average Bonchev–Trinajstić information content (AvgIpc) is 2.58. The van der Waals surface area contributed by atoms with Gasteiger partial charge in [0.05, 0.1) is 6.61 Å². The van der Waals surface area contributed by atoms with E-state index in [2.05, 4.69) is 0 Å². The minimum absolute atomic E-state index is 0.341. The Morgan fingerprint density at radius 3 is 3.00 bits per heavy atom. The van der Waals surface area contributed by atoms with Gasteiger partial charge in [-0.25, -0.2) is 0 Å². The summed E-state index contributed by atoms with van der Waals surface area (Å²) in [5.41, 5.74) is 1.08. The summed E-state index contributed by atoms with van der Waals surface area (Å²) in [5, 5.41) is 0.759. The summed E-state index contributed by atoms with van der Waals surface area (Å²) in [6, 6.07) is 5.65. The van der Waals surface area contributed by atoms with Crippen molar-refractivity contribution in [1.82, 2.24) is 0 Å². The van der Waals surface area contributed by atoms with E-state index in [9.17, 15) is 4.21 Å². The van der Waals surface area contributed by atoms with Gasteiger partial charge in [-0.15, -0.1) is 0 Å². The van der Waals surface area contributed by atoms with Gasteiger partial charge in [0.25, 0.3) is 0 Å². The van der Waals surface area contributed by atoms with Crippen molar-refractivity contribution in [1.29, 1.82) is 0 Å². The van der Waals surface area contributed by atoms with Gasteiger partial charge in [-0.3, -0.25) is 4.21 Å². The third-order valence-corrected chi connectivity index (χ3v) is 4.41. The lowest BCUT2D eigenvalue weighted by Crippen LogP contribution is -2.06. The maximum absolute atomic E-state index is 11.5. The van der Waals surface area contributed by atoms with E-state index >= 15 is 0 Å². The first kappa shape index (κ1) is 13.1. The highest BCUT2D eigenvalue weighted by molar-refractivity contribution is 7.84. The Balaban J connectivity index is 2.28. The van der Waals surface area contributed by atoms with Crippen molar-refractivity contribution in [2.45, 2.75) is 30.1 Å². The average molecular weight is 273 g/mol. The fourth-order valence-electron chi connectivity index (χ4n) is 2.16. The molecule has 0 aromatic heterocycles. The summed E-state index contributed by atoms with van der Waals surface area (Å²) in [5.74, 6) is 0.341. The number of rotatable bonds is 2. The van der Waals surface area contributed by atoms with Crippen molar-refractivity contribution < 1.29 is 8.95 Å². The molecule has 0 spiro atoms. The quantitative estimate of drug-likeness (QED) is 0.825. The molecule has 1 aromatic rings. The fraction of sp³-hybridized carbons (Fsp3) is 0.538. The molecule has 0 N–H and O–H groups in total. The first-order chi connectivity index (χ1) is 8.18. The number of benzene rings is 1. The second-order valence-corrected chi connectivity index (χ2v) is 6.19. The number of hydrogen-bond acceptors (Lipinski definition) is 2. The molecular weight excluding hydrogens is 256 g/mol. The molecule has 0 radical (unpaired) electrons. The van der Waals surface area contributed by atoms with Crippen LogP contribution < -0.4 is 0 Å². The number of ether oxygens (including phenoxy) is 1. The molecule has 0 amide bonds. The summed E-state index contributed by atoms with van der Waals surface area (Å²) in [6.45, 7) is 1.56. The minimum atomic E-state index is -0.956. The molecule has 2 rings (SSSR count). The van der Waals surface area contributed by atoms with Crippen LogP contribution in [0.25, 0.3) is 0 Å². The van der Waals surface area contributed by atoms with E-state index in [0.29, 0.717) is 5.92 Å². The second-order valence-electron chi connectivity index (χ2n) is 4.41. The molecule has 17 heavy (non-hydrogen) atoms. The zero-order valence-electron chi connectivity index (χ0n) is 9.95. The van der Waals surface area contributed by atoms with E-state index in [4.69, 9.17) is 16.3 Å². The molecule has 1 heterocycles. The van der Waals surface area contributed by atoms with E-state index in [1.54, 1.807) is 6.26 Å². The first-order valence-electron chi connectivity index (χ1n) is 5.89. The van der Waals surface area contributed by atoms with E-state index in [1.165, 1.54) is 6.42 Å². The van der Waals surface area contributed by atoms with Crippen LogP contribution >= 0.6 is 11.6 Å². The van der Waals surface area contributed by atoms with Crippen LogP contribution in [0.3, 0.4) is 0 Å². The van der Waals surface area contributed by atoms with Crippen LogP contribution in [0.4, 0.5) is 0 Å². The smallest absolute Gasteiger partial charge is 0.0535 e. The van der Waals surface area contributed by atoms with Crippen molar-refractivity contribution in [3.63, 3.8) is 0 Å². The first-order valence-corrected chi connectivity index (χ1v) is 7.82. The molecule has 0 bridgehead atoms. The van der Waals surface area contributed by atoms with Crippen LogP contribution in [0.2, 0.25) is 5.02 Å². The van der Waals surface area contributed by atoms with E-state index in [1.807, 2.05) is 18.2 Å². The molecule has 1 aromatic carbocycles. The van der Waals surface area contributed by atoms with E-state index < -0.39 is 10.8 Å². The molecule has 0 saturated carbocycles. The topological polar surface area (TPSA) is 26.3 Å². The molecule has 4 heteroatoms. The lowest BCUT2D eigenvalue weighted by molar-refractivity contribution is 0.134. The van der Waals surface area contributed by atoms with Crippen LogP contribution in [0.5, 0.6) is 0 Å². The van der Waals surface area contributed by atoms with Gasteiger partial charge in [0.1, 0.15) is 0 Å². The maximum Gasteiger partial charge on any atom is 0.0535 e. The molecule has 94 valence electrons. The normalized spacial score (nSPS) is 23.1. The minimum Gasteiger partial charge on any atom is -0.381 e. The molecule has 1 fully saturated rings. The molecule has 2 nitrogen and oxygen atoms in total. The van der Waals surface area contributed by atoms with Crippen molar-refractivity contribution in [2.75, 3.05) is 19.5 Å². The van der Waals surface area contributed by atoms with Gasteiger partial charge in [0.2, 0.25) is 0 Å². The van der Waals surface area contributed by atoms with Crippen LogP contribution in [0.1, 0.15) is 30.7 Å². The fourth-order valence-corrected chi connectivity index (χ4v) is 2.99. The largest absolute Gasteiger partial charge is 0.381 e. The monoisotopic (exact) mass is 272 g/mol. The Morgan fingerprint density at radius 2 is 2.24 bits per heavy atom.